The number of benzene rings is 1. The minimum Gasteiger partial charge on any atom is -0.349 e. The van der Waals surface area contributed by atoms with Crippen LogP contribution in [0.3, 0.4) is 0 Å². The molecule has 1 fully saturated rings. The fourth-order valence-corrected chi connectivity index (χ4v) is 2.82. The van der Waals surface area contributed by atoms with Gasteiger partial charge in [-0.05, 0) is 50.4 Å². The summed E-state index contributed by atoms with van der Waals surface area (Å²) in [5.41, 5.74) is 0.815. The second kappa shape index (κ2) is 6.59. The maximum absolute atomic E-state index is 12.6. The van der Waals surface area contributed by atoms with Gasteiger partial charge in [0.05, 0.1) is 11.5 Å². The average Bonchev–Trinajstić information content (AvgIpc) is 2.46. The molecule has 1 aliphatic rings. The van der Waals surface area contributed by atoms with Gasteiger partial charge in [-0.25, -0.2) is 0 Å². The maximum atomic E-state index is 12.6. The fraction of sp³-hybridized carbons (Fsp3) is 0.562. The van der Waals surface area contributed by atoms with Gasteiger partial charge in [0.25, 0.3) is 0 Å². The van der Waals surface area contributed by atoms with Crippen LogP contribution in [0.5, 0.6) is 0 Å². The zero-order valence-corrected chi connectivity index (χ0v) is 13.0. The van der Waals surface area contributed by atoms with E-state index in [9.17, 15) is 4.79 Å². The Bertz CT molecular complexity index is 452. The lowest BCUT2D eigenvalue weighted by molar-refractivity contribution is -0.131. The third kappa shape index (κ3) is 3.53. The number of rotatable bonds is 4. The van der Waals surface area contributed by atoms with Crippen LogP contribution >= 0.6 is 11.6 Å². The second-order valence-corrected chi connectivity index (χ2v) is 6.26. The predicted molar refractivity (Wildman–Crippen MR) is 82.8 cm³/mol. The van der Waals surface area contributed by atoms with E-state index < -0.39 is 0 Å². The van der Waals surface area contributed by atoms with Crippen molar-refractivity contribution < 1.29 is 4.79 Å². The first-order valence-electron chi connectivity index (χ1n) is 7.32. The summed E-state index contributed by atoms with van der Waals surface area (Å²) in [7, 11) is 0. The highest BCUT2D eigenvalue weighted by Crippen LogP contribution is 2.28. The number of nitrogens with one attached hydrogen (secondary N) is 2. The van der Waals surface area contributed by atoms with Gasteiger partial charge in [-0.2, -0.15) is 0 Å². The van der Waals surface area contributed by atoms with E-state index in [1.807, 2.05) is 31.2 Å². The van der Waals surface area contributed by atoms with E-state index in [4.69, 9.17) is 11.6 Å². The van der Waals surface area contributed by atoms with E-state index in [0.29, 0.717) is 0 Å². The monoisotopic (exact) mass is 294 g/mol. The molecule has 0 bridgehead atoms. The van der Waals surface area contributed by atoms with Crippen molar-refractivity contribution in [1.82, 2.24) is 10.6 Å². The highest BCUT2D eigenvalue weighted by Gasteiger charge is 2.35. The zero-order chi connectivity index (χ0) is 14.6. The molecule has 3 nitrogen and oxygen atoms in total. The standard InChI is InChI=1S/C16H23ClN2O/c1-3-14(12-5-7-13(17)8-6-12)19-15(20)16(2)9-4-10-18-11-16/h5-8,14,18H,3-4,9-11H2,1-2H3,(H,19,20). The van der Waals surface area contributed by atoms with Gasteiger partial charge in [0.2, 0.25) is 5.91 Å². The van der Waals surface area contributed by atoms with Crippen molar-refractivity contribution in [3.8, 4) is 0 Å². The molecular weight excluding hydrogens is 272 g/mol. The van der Waals surface area contributed by atoms with Crippen molar-refractivity contribution in [2.24, 2.45) is 5.41 Å². The molecule has 2 unspecified atom stereocenters. The van der Waals surface area contributed by atoms with Gasteiger partial charge in [0.15, 0.2) is 0 Å². The summed E-state index contributed by atoms with van der Waals surface area (Å²) >= 11 is 5.91. The Hall–Kier alpha value is -1.06. The highest BCUT2D eigenvalue weighted by molar-refractivity contribution is 6.30. The van der Waals surface area contributed by atoms with Crippen LogP contribution in [-0.2, 0) is 4.79 Å². The summed E-state index contributed by atoms with van der Waals surface area (Å²) in [5, 5.41) is 7.23. The molecule has 0 radical (unpaired) electrons. The van der Waals surface area contributed by atoms with E-state index in [0.717, 1.165) is 42.9 Å². The average molecular weight is 295 g/mol. The first-order chi connectivity index (χ1) is 9.55. The van der Waals surface area contributed by atoms with Gasteiger partial charge < -0.3 is 10.6 Å². The number of hydrogen-bond donors (Lipinski definition) is 2. The van der Waals surface area contributed by atoms with E-state index in [1.165, 1.54) is 0 Å². The molecule has 1 aliphatic heterocycles. The predicted octanol–water partition coefficient (Wildman–Crippen LogP) is 3.30. The minimum atomic E-state index is -0.294. The molecule has 1 aromatic carbocycles. The van der Waals surface area contributed by atoms with E-state index in [1.54, 1.807) is 0 Å². The smallest absolute Gasteiger partial charge is 0.227 e. The van der Waals surface area contributed by atoms with Gasteiger partial charge in [0.1, 0.15) is 0 Å². The summed E-state index contributed by atoms with van der Waals surface area (Å²) in [6.45, 7) is 5.90. The quantitative estimate of drug-likeness (QED) is 0.894. The Morgan fingerprint density at radius 3 is 2.70 bits per heavy atom. The van der Waals surface area contributed by atoms with Gasteiger partial charge in [-0.1, -0.05) is 30.7 Å². The lowest BCUT2D eigenvalue weighted by Gasteiger charge is -2.34. The van der Waals surface area contributed by atoms with Crippen LogP contribution in [0.1, 0.15) is 44.7 Å². The van der Waals surface area contributed by atoms with Gasteiger partial charge >= 0.3 is 0 Å². The molecule has 1 aromatic rings. The van der Waals surface area contributed by atoms with Crippen molar-refractivity contribution in [2.75, 3.05) is 13.1 Å². The summed E-state index contributed by atoms with van der Waals surface area (Å²) in [4.78, 5) is 12.6. The Morgan fingerprint density at radius 2 is 2.15 bits per heavy atom. The minimum absolute atomic E-state index is 0.0542. The third-order valence-electron chi connectivity index (χ3n) is 4.13. The Labute approximate surface area is 126 Å². The largest absolute Gasteiger partial charge is 0.349 e. The van der Waals surface area contributed by atoms with Gasteiger partial charge in [0, 0.05) is 11.6 Å². The molecular formula is C16H23ClN2O. The van der Waals surface area contributed by atoms with Crippen LogP contribution in [-0.4, -0.2) is 19.0 Å². The molecule has 0 saturated carbocycles. The van der Waals surface area contributed by atoms with Crippen LogP contribution in [0.15, 0.2) is 24.3 Å². The molecule has 2 rings (SSSR count). The lowest BCUT2D eigenvalue weighted by atomic mass is 9.81. The van der Waals surface area contributed by atoms with Gasteiger partial charge in [-0.15, -0.1) is 0 Å². The highest BCUT2D eigenvalue weighted by atomic mass is 35.5. The fourth-order valence-electron chi connectivity index (χ4n) is 2.70. The maximum Gasteiger partial charge on any atom is 0.227 e. The topological polar surface area (TPSA) is 41.1 Å². The summed E-state index contributed by atoms with van der Waals surface area (Å²) in [6.07, 6.45) is 2.88. The Kier molecular flexibility index (Phi) is 5.06. The van der Waals surface area contributed by atoms with E-state index >= 15 is 0 Å². The number of piperidine rings is 1. The number of halogens is 1. The van der Waals surface area contributed by atoms with Gasteiger partial charge in [-0.3, -0.25) is 4.79 Å². The number of carbonyl (C=O) groups is 1. The van der Waals surface area contributed by atoms with Crippen LogP contribution in [0.2, 0.25) is 5.02 Å². The first kappa shape index (κ1) is 15.3. The molecule has 0 spiro atoms. The molecule has 2 N–H and O–H groups in total. The molecule has 4 heteroatoms. The molecule has 110 valence electrons. The zero-order valence-electron chi connectivity index (χ0n) is 12.2. The van der Waals surface area contributed by atoms with Crippen molar-refractivity contribution >= 4 is 17.5 Å². The molecule has 0 aromatic heterocycles. The third-order valence-corrected chi connectivity index (χ3v) is 4.38. The SMILES string of the molecule is CCC(NC(=O)C1(C)CCCNC1)c1ccc(Cl)cc1. The van der Waals surface area contributed by atoms with Crippen molar-refractivity contribution in [2.45, 2.75) is 39.2 Å². The second-order valence-electron chi connectivity index (χ2n) is 5.83. The lowest BCUT2D eigenvalue weighted by Crippen LogP contribution is -2.49. The van der Waals surface area contributed by atoms with Crippen LogP contribution in [0.4, 0.5) is 0 Å². The molecule has 2 atom stereocenters. The molecule has 20 heavy (non-hydrogen) atoms. The van der Waals surface area contributed by atoms with E-state index in [-0.39, 0.29) is 17.4 Å². The van der Waals surface area contributed by atoms with Crippen LogP contribution < -0.4 is 10.6 Å². The van der Waals surface area contributed by atoms with E-state index in [2.05, 4.69) is 17.6 Å². The Morgan fingerprint density at radius 1 is 1.45 bits per heavy atom. The summed E-state index contributed by atoms with van der Waals surface area (Å²) in [6, 6.07) is 7.76. The van der Waals surface area contributed by atoms with Crippen molar-refractivity contribution in [1.29, 1.82) is 0 Å². The molecule has 1 amide bonds. The summed E-state index contributed by atoms with van der Waals surface area (Å²) < 4.78 is 0. The molecule has 1 saturated heterocycles. The number of amides is 1. The number of hydrogen-bond acceptors (Lipinski definition) is 2. The number of carbonyl (C=O) groups excluding carboxylic acids is 1. The molecule has 0 aliphatic carbocycles. The normalized spacial score (nSPS) is 24.1. The van der Waals surface area contributed by atoms with Crippen molar-refractivity contribution in [3.05, 3.63) is 34.9 Å². The first-order valence-corrected chi connectivity index (χ1v) is 7.70. The summed E-state index contributed by atoms with van der Waals surface area (Å²) in [5.74, 6) is 0.145. The van der Waals surface area contributed by atoms with Crippen LogP contribution in [0.25, 0.3) is 0 Å². The van der Waals surface area contributed by atoms with Crippen molar-refractivity contribution in [3.63, 3.8) is 0 Å². The molecule has 1 heterocycles. The Balaban J connectivity index is 2.05. The van der Waals surface area contributed by atoms with Crippen LogP contribution in [0, 0.1) is 5.41 Å².